The van der Waals surface area contributed by atoms with E-state index in [1.54, 1.807) is 6.92 Å². The smallest absolute Gasteiger partial charge is 0.293 e. The number of halogens is 1. The normalized spacial score (nSPS) is 10.9. The van der Waals surface area contributed by atoms with E-state index in [0.717, 1.165) is 16.9 Å². The molecule has 0 radical (unpaired) electrons. The lowest BCUT2D eigenvalue weighted by Crippen LogP contribution is -2.17. The fourth-order valence-electron chi connectivity index (χ4n) is 2.71. The topological polar surface area (TPSA) is 84.3 Å². The van der Waals surface area contributed by atoms with E-state index in [1.807, 2.05) is 54.6 Å². The summed E-state index contributed by atoms with van der Waals surface area (Å²) in [6.45, 7) is 2.73. The van der Waals surface area contributed by atoms with Gasteiger partial charge in [0.2, 0.25) is 5.95 Å². The van der Waals surface area contributed by atoms with E-state index in [2.05, 4.69) is 20.4 Å². The van der Waals surface area contributed by atoms with Crippen LogP contribution in [-0.2, 0) is 13.2 Å². The van der Waals surface area contributed by atoms with Crippen LogP contribution in [0.3, 0.4) is 0 Å². The molecule has 0 aliphatic carbocycles. The van der Waals surface area contributed by atoms with Crippen molar-refractivity contribution in [2.75, 3.05) is 5.32 Å². The summed E-state index contributed by atoms with van der Waals surface area (Å²) in [5, 5.41) is 6.09. The van der Waals surface area contributed by atoms with E-state index in [4.69, 9.17) is 16.3 Å². The first-order chi connectivity index (χ1) is 13.6. The molecule has 0 atom stereocenters. The fourth-order valence-corrected chi connectivity index (χ4v) is 2.84. The Hall–Kier alpha value is -3.32. The molecule has 0 aliphatic heterocycles. The summed E-state index contributed by atoms with van der Waals surface area (Å²) in [5.74, 6) is 1.52. The average Bonchev–Trinajstić information content (AvgIpc) is 3.13. The van der Waals surface area contributed by atoms with Crippen LogP contribution in [0.1, 0.15) is 16.8 Å². The Morgan fingerprint density at radius 1 is 1.07 bits per heavy atom. The molecule has 0 saturated carbocycles. The number of rotatable bonds is 6. The number of hydrogen-bond donors (Lipinski definition) is 2. The molecule has 0 saturated heterocycles. The van der Waals surface area contributed by atoms with E-state index in [9.17, 15) is 4.79 Å². The number of aryl methyl sites for hydroxylation is 1. The maximum Gasteiger partial charge on any atom is 0.293 e. The number of benzene rings is 2. The zero-order valence-electron chi connectivity index (χ0n) is 15.1. The third kappa shape index (κ3) is 3.84. The van der Waals surface area contributed by atoms with Crippen LogP contribution in [0.4, 0.5) is 5.95 Å². The van der Waals surface area contributed by atoms with Gasteiger partial charge >= 0.3 is 0 Å². The Balaban J connectivity index is 1.39. The minimum absolute atomic E-state index is 0.0822. The SMILES string of the molecule is Cc1nc2nc(NCc3ccc(OCc4ccccc4)cc3)[nH]n2c(=O)c1Cl. The van der Waals surface area contributed by atoms with Crippen molar-refractivity contribution >= 4 is 23.3 Å². The van der Waals surface area contributed by atoms with Crippen molar-refractivity contribution in [3.8, 4) is 5.75 Å². The van der Waals surface area contributed by atoms with Gasteiger partial charge in [0, 0.05) is 6.54 Å². The number of aromatic amines is 1. The molecule has 2 aromatic heterocycles. The summed E-state index contributed by atoms with van der Waals surface area (Å²) in [5.41, 5.74) is 2.25. The Morgan fingerprint density at radius 3 is 2.57 bits per heavy atom. The highest BCUT2D eigenvalue weighted by atomic mass is 35.5. The summed E-state index contributed by atoms with van der Waals surface area (Å²) in [6.07, 6.45) is 0. The molecule has 0 bridgehead atoms. The van der Waals surface area contributed by atoms with E-state index >= 15 is 0 Å². The number of nitrogens with zero attached hydrogens (tertiary/aromatic N) is 3. The molecule has 7 nitrogen and oxygen atoms in total. The van der Waals surface area contributed by atoms with Gasteiger partial charge < -0.3 is 10.1 Å². The van der Waals surface area contributed by atoms with Crippen LogP contribution in [0.15, 0.2) is 59.4 Å². The van der Waals surface area contributed by atoms with Crippen molar-refractivity contribution in [2.24, 2.45) is 0 Å². The summed E-state index contributed by atoms with van der Waals surface area (Å²) in [7, 11) is 0. The van der Waals surface area contributed by atoms with Gasteiger partial charge in [-0.25, -0.2) is 4.98 Å². The molecular weight excluding hydrogens is 378 g/mol. The highest BCUT2D eigenvalue weighted by Crippen LogP contribution is 2.15. The molecule has 0 spiro atoms. The van der Waals surface area contributed by atoms with Crippen molar-refractivity contribution in [1.82, 2.24) is 19.6 Å². The molecular formula is C20H18ClN5O2. The predicted molar refractivity (Wildman–Crippen MR) is 108 cm³/mol. The molecule has 0 fully saturated rings. The molecule has 4 rings (SSSR count). The molecule has 2 heterocycles. The Labute approximate surface area is 166 Å². The molecule has 8 heteroatoms. The first-order valence-electron chi connectivity index (χ1n) is 8.74. The minimum atomic E-state index is -0.371. The number of hydrogen-bond acceptors (Lipinski definition) is 5. The van der Waals surface area contributed by atoms with E-state index in [-0.39, 0.29) is 16.4 Å². The molecule has 0 amide bonds. The number of fused-ring (bicyclic) bond motifs is 1. The molecule has 0 unspecified atom stereocenters. The lowest BCUT2D eigenvalue weighted by molar-refractivity contribution is 0.306. The first kappa shape index (κ1) is 18.1. The number of ether oxygens (including phenoxy) is 1. The maximum atomic E-state index is 12.1. The first-order valence-corrected chi connectivity index (χ1v) is 9.12. The largest absolute Gasteiger partial charge is 0.489 e. The van der Waals surface area contributed by atoms with Crippen LogP contribution in [-0.4, -0.2) is 19.6 Å². The predicted octanol–water partition coefficient (Wildman–Crippen LogP) is 3.57. The van der Waals surface area contributed by atoms with Crippen LogP contribution in [0.25, 0.3) is 5.78 Å². The van der Waals surface area contributed by atoms with Gasteiger partial charge in [0.25, 0.3) is 11.3 Å². The summed E-state index contributed by atoms with van der Waals surface area (Å²) >= 11 is 5.94. The van der Waals surface area contributed by atoms with Gasteiger partial charge in [0.1, 0.15) is 17.4 Å². The Kier molecular flexibility index (Phi) is 4.99. The second kappa shape index (κ2) is 7.74. The van der Waals surface area contributed by atoms with Gasteiger partial charge in [-0.2, -0.15) is 9.50 Å². The lowest BCUT2D eigenvalue weighted by Gasteiger charge is -2.08. The second-order valence-corrected chi connectivity index (χ2v) is 6.67. The zero-order chi connectivity index (χ0) is 19.5. The van der Waals surface area contributed by atoms with Gasteiger partial charge in [0.05, 0.1) is 5.69 Å². The van der Waals surface area contributed by atoms with Gasteiger partial charge in [0.15, 0.2) is 0 Å². The van der Waals surface area contributed by atoms with Gasteiger partial charge in [-0.1, -0.05) is 54.1 Å². The number of nitrogens with one attached hydrogen (secondary N) is 2. The highest BCUT2D eigenvalue weighted by Gasteiger charge is 2.11. The maximum absolute atomic E-state index is 12.1. The van der Waals surface area contributed by atoms with Crippen LogP contribution in [0.5, 0.6) is 5.75 Å². The molecule has 2 aromatic carbocycles. The van der Waals surface area contributed by atoms with Crippen molar-refractivity contribution in [1.29, 1.82) is 0 Å². The zero-order valence-corrected chi connectivity index (χ0v) is 15.9. The van der Waals surface area contributed by atoms with Crippen molar-refractivity contribution in [3.05, 3.63) is 86.8 Å². The van der Waals surface area contributed by atoms with Crippen LogP contribution in [0.2, 0.25) is 5.02 Å². The molecule has 28 heavy (non-hydrogen) atoms. The lowest BCUT2D eigenvalue weighted by atomic mass is 10.2. The van der Waals surface area contributed by atoms with E-state index < -0.39 is 0 Å². The standard InChI is InChI=1S/C20H18ClN5O2/c1-13-17(21)18(27)26-20(23-13)24-19(25-26)22-11-14-7-9-16(10-8-14)28-12-15-5-3-2-4-6-15/h2-10H,11-12H2,1H3,(H2,22,23,24,25). The van der Waals surface area contributed by atoms with E-state index in [0.29, 0.717) is 24.8 Å². The quantitative estimate of drug-likeness (QED) is 0.521. The number of anilines is 1. The number of aromatic nitrogens is 4. The van der Waals surface area contributed by atoms with Crippen LogP contribution < -0.4 is 15.6 Å². The van der Waals surface area contributed by atoms with Gasteiger partial charge in [-0.05, 0) is 30.2 Å². The van der Waals surface area contributed by atoms with Crippen LogP contribution >= 0.6 is 11.6 Å². The monoisotopic (exact) mass is 395 g/mol. The summed E-state index contributed by atoms with van der Waals surface area (Å²) < 4.78 is 7.01. The van der Waals surface area contributed by atoms with Crippen LogP contribution in [0, 0.1) is 6.92 Å². The molecule has 2 N–H and O–H groups in total. The minimum Gasteiger partial charge on any atom is -0.489 e. The Morgan fingerprint density at radius 2 is 1.82 bits per heavy atom. The third-order valence-electron chi connectivity index (χ3n) is 4.24. The molecule has 0 aliphatic rings. The van der Waals surface area contributed by atoms with Gasteiger partial charge in [-0.15, -0.1) is 0 Å². The summed E-state index contributed by atoms with van der Waals surface area (Å²) in [4.78, 5) is 20.6. The van der Waals surface area contributed by atoms with Gasteiger partial charge in [-0.3, -0.25) is 9.89 Å². The number of H-pyrrole nitrogens is 1. The average molecular weight is 396 g/mol. The van der Waals surface area contributed by atoms with Crippen molar-refractivity contribution < 1.29 is 4.74 Å². The highest BCUT2D eigenvalue weighted by molar-refractivity contribution is 6.31. The molecule has 4 aromatic rings. The summed E-state index contributed by atoms with van der Waals surface area (Å²) in [6, 6.07) is 17.8. The van der Waals surface area contributed by atoms with E-state index in [1.165, 1.54) is 4.52 Å². The second-order valence-electron chi connectivity index (χ2n) is 6.30. The third-order valence-corrected chi connectivity index (χ3v) is 4.67. The Bertz CT molecular complexity index is 1150. The van der Waals surface area contributed by atoms with Crippen molar-refractivity contribution in [3.63, 3.8) is 0 Å². The fraction of sp³-hybridized carbons (Fsp3) is 0.150. The van der Waals surface area contributed by atoms with Crippen molar-refractivity contribution in [2.45, 2.75) is 20.1 Å². The molecule has 142 valence electrons.